The highest BCUT2D eigenvalue weighted by Crippen LogP contribution is 2.36. The van der Waals surface area contributed by atoms with Gasteiger partial charge in [0.25, 0.3) is 11.1 Å². The molecule has 2 aromatic rings. The molecule has 0 radical (unpaired) electrons. The van der Waals surface area contributed by atoms with Gasteiger partial charge in [0.05, 0.1) is 18.6 Å². The van der Waals surface area contributed by atoms with E-state index in [0.29, 0.717) is 10.7 Å². The van der Waals surface area contributed by atoms with Gasteiger partial charge in [-0.3, -0.25) is 14.5 Å². The Labute approximate surface area is 189 Å². The van der Waals surface area contributed by atoms with Crippen molar-refractivity contribution in [1.82, 2.24) is 4.90 Å². The van der Waals surface area contributed by atoms with Crippen molar-refractivity contribution in [1.29, 1.82) is 0 Å². The SMILES string of the molecule is CCN(CC)c1ccc(/C=C2\SC(=O)N(Cc3ccc(I)cc3)C2=O)c(OC)c1. The Morgan fingerprint density at radius 3 is 2.41 bits per heavy atom. The lowest BCUT2D eigenvalue weighted by Crippen LogP contribution is -2.27. The fraction of sp³-hybridized carbons (Fsp3) is 0.273. The molecule has 1 heterocycles. The second-order valence-electron chi connectivity index (χ2n) is 6.49. The highest BCUT2D eigenvalue weighted by molar-refractivity contribution is 14.1. The van der Waals surface area contributed by atoms with Crippen molar-refractivity contribution in [3.05, 3.63) is 62.1 Å². The standard InChI is InChI=1S/C22H23IN2O3S/c1-4-24(5-2)18-11-8-16(19(13-18)28-3)12-20-21(26)25(22(27)29-20)14-15-6-9-17(23)10-7-15/h6-13H,4-5,14H2,1-3H3/b20-12-. The van der Waals surface area contributed by atoms with Gasteiger partial charge in [-0.05, 0) is 84.1 Å². The van der Waals surface area contributed by atoms with Crippen LogP contribution in [0.25, 0.3) is 6.08 Å². The van der Waals surface area contributed by atoms with Crippen molar-refractivity contribution in [2.24, 2.45) is 0 Å². The Kier molecular flexibility index (Phi) is 7.23. The zero-order chi connectivity index (χ0) is 21.0. The monoisotopic (exact) mass is 522 g/mol. The number of thioether (sulfide) groups is 1. The highest BCUT2D eigenvalue weighted by atomic mass is 127. The number of imide groups is 1. The van der Waals surface area contributed by atoms with Crippen molar-refractivity contribution >= 4 is 57.3 Å². The van der Waals surface area contributed by atoms with Gasteiger partial charge in [-0.15, -0.1) is 0 Å². The number of hydrogen-bond donors (Lipinski definition) is 0. The van der Waals surface area contributed by atoms with Gasteiger partial charge in [-0.2, -0.15) is 0 Å². The van der Waals surface area contributed by atoms with E-state index in [1.807, 2.05) is 42.5 Å². The van der Waals surface area contributed by atoms with Gasteiger partial charge >= 0.3 is 0 Å². The van der Waals surface area contributed by atoms with Crippen molar-refractivity contribution in [3.8, 4) is 5.75 Å². The van der Waals surface area contributed by atoms with Crippen molar-refractivity contribution in [2.45, 2.75) is 20.4 Å². The van der Waals surface area contributed by atoms with Gasteiger partial charge in [0, 0.05) is 34.0 Å². The molecule has 152 valence electrons. The summed E-state index contributed by atoms with van der Waals surface area (Å²) in [5, 5.41) is -0.251. The number of hydrogen-bond acceptors (Lipinski definition) is 5. The number of anilines is 1. The number of halogens is 1. The summed E-state index contributed by atoms with van der Waals surface area (Å²) in [4.78, 5) is 29.2. The van der Waals surface area contributed by atoms with Crippen LogP contribution in [0.1, 0.15) is 25.0 Å². The first-order valence-electron chi connectivity index (χ1n) is 9.39. The van der Waals surface area contributed by atoms with Gasteiger partial charge in [0.1, 0.15) is 5.75 Å². The molecular weight excluding hydrogens is 499 g/mol. The molecule has 0 aromatic heterocycles. The van der Waals surface area contributed by atoms with Crippen LogP contribution >= 0.6 is 34.4 Å². The predicted molar refractivity (Wildman–Crippen MR) is 127 cm³/mol. The first-order valence-corrected chi connectivity index (χ1v) is 11.3. The van der Waals surface area contributed by atoms with Crippen LogP contribution in [0.4, 0.5) is 10.5 Å². The molecule has 1 aliphatic heterocycles. The number of carbonyl (C=O) groups is 2. The molecule has 1 saturated heterocycles. The second kappa shape index (κ2) is 9.67. The summed E-state index contributed by atoms with van der Waals surface area (Å²) in [5.74, 6) is 0.409. The van der Waals surface area contributed by atoms with Gasteiger partial charge in [-0.25, -0.2) is 0 Å². The zero-order valence-electron chi connectivity index (χ0n) is 16.6. The normalized spacial score (nSPS) is 15.3. The Balaban J connectivity index is 1.84. The lowest BCUT2D eigenvalue weighted by Gasteiger charge is -2.22. The number of amides is 2. The van der Waals surface area contributed by atoms with Gasteiger partial charge in [-0.1, -0.05) is 12.1 Å². The molecule has 0 unspecified atom stereocenters. The minimum Gasteiger partial charge on any atom is -0.496 e. The molecule has 3 rings (SSSR count). The maximum atomic E-state index is 12.8. The average Bonchev–Trinajstić information content (AvgIpc) is 2.98. The van der Waals surface area contributed by atoms with Gasteiger partial charge in [0.2, 0.25) is 0 Å². The third kappa shape index (κ3) is 4.95. The Hall–Kier alpha value is -2.00. The van der Waals surface area contributed by atoms with Crippen LogP contribution in [-0.4, -0.2) is 36.2 Å². The Morgan fingerprint density at radius 2 is 1.79 bits per heavy atom. The summed E-state index contributed by atoms with van der Waals surface area (Å²) in [6.07, 6.45) is 1.74. The van der Waals surface area contributed by atoms with E-state index < -0.39 is 0 Å². The molecular formula is C22H23IN2O3S. The minimum absolute atomic E-state index is 0.251. The van der Waals surface area contributed by atoms with Crippen molar-refractivity contribution in [2.75, 3.05) is 25.1 Å². The Morgan fingerprint density at radius 1 is 1.10 bits per heavy atom. The molecule has 0 bridgehead atoms. The topological polar surface area (TPSA) is 49.9 Å². The summed E-state index contributed by atoms with van der Waals surface area (Å²) in [6, 6.07) is 13.7. The fourth-order valence-corrected chi connectivity index (χ4v) is 4.34. The second-order valence-corrected chi connectivity index (χ2v) is 8.73. The maximum absolute atomic E-state index is 12.8. The molecule has 1 fully saturated rings. The number of rotatable bonds is 7. The number of methoxy groups -OCH3 is 1. The quantitative estimate of drug-likeness (QED) is 0.361. The van der Waals surface area contributed by atoms with Crippen LogP contribution < -0.4 is 9.64 Å². The van der Waals surface area contributed by atoms with E-state index in [1.54, 1.807) is 13.2 Å². The van der Waals surface area contributed by atoms with E-state index in [4.69, 9.17) is 4.74 Å². The first-order chi connectivity index (χ1) is 14.0. The lowest BCUT2D eigenvalue weighted by atomic mass is 10.1. The van der Waals surface area contributed by atoms with Crippen molar-refractivity contribution < 1.29 is 14.3 Å². The van der Waals surface area contributed by atoms with E-state index in [2.05, 4.69) is 41.3 Å². The molecule has 7 heteroatoms. The van der Waals surface area contributed by atoms with Crippen LogP contribution in [0.15, 0.2) is 47.4 Å². The molecule has 0 atom stereocenters. The molecule has 0 aliphatic carbocycles. The first kappa shape index (κ1) is 21.7. The smallest absolute Gasteiger partial charge is 0.293 e. The number of ether oxygens (including phenoxy) is 1. The summed E-state index contributed by atoms with van der Waals surface area (Å²) in [7, 11) is 1.61. The third-order valence-electron chi connectivity index (χ3n) is 4.76. The highest BCUT2D eigenvalue weighted by Gasteiger charge is 2.35. The number of carbonyl (C=O) groups excluding carboxylic acids is 2. The summed E-state index contributed by atoms with van der Waals surface area (Å²) in [6.45, 7) is 6.28. The molecule has 5 nitrogen and oxygen atoms in total. The van der Waals surface area contributed by atoms with E-state index in [0.717, 1.165) is 45.2 Å². The van der Waals surface area contributed by atoms with Crippen LogP contribution in [0.3, 0.4) is 0 Å². The van der Waals surface area contributed by atoms with Crippen LogP contribution in [0.2, 0.25) is 0 Å². The van der Waals surface area contributed by atoms with E-state index >= 15 is 0 Å². The van der Waals surface area contributed by atoms with Gasteiger partial charge < -0.3 is 9.64 Å². The fourth-order valence-electron chi connectivity index (χ4n) is 3.15. The van der Waals surface area contributed by atoms with Crippen molar-refractivity contribution in [3.63, 3.8) is 0 Å². The minimum atomic E-state index is -0.270. The summed E-state index contributed by atoms with van der Waals surface area (Å²) < 4.78 is 6.65. The van der Waals surface area contributed by atoms with E-state index in [9.17, 15) is 9.59 Å². The summed E-state index contributed by atoms with van der Waals surface area (Å²) in [5.41, 5.74) is 2.77. The van der Waals surface area contributed by atoms with Crippen LogP contribution in [0.5, 0.6) is 5.75 Å². The lowest BCUT2D eigenvalue weighted by molar-refractivity contribution is -0.123. The molecule has 0 N–H and O–H groups in total. The molecule has 0 spiro atoms. The van der Waals surface area contributed by atoms with Crippen LogP contribution in [-0.2, 0) is 11.3 Å². The average molecular weight is 522 g/mol. The molecule has 0 saturated carbocycles. The van der Waals surface area contributed by atoms with Gasteiger partial charge in [0.15, 0.2) is 0 Å². The zero-order valence-corrected chi connectivity index (χ0v) is 19.6. The molecule has 1 aliphatic rings. The molecule has 2 aromatic carbocycles. The third-order valence-corrected chi connectivity index (χ3v) is 6.39. The summed E-state index contributed by atoms with van der Waals surface area (Å²) >= 11 is 3.20. The maximum Gasteiger partial charge on any atom is 0.293 e. The Bertz CT molecular complexity index is 940. The predicted octanol–water partition coefficient (Wildman–Crippen LogP) is 5.38. The largest absolute Gasteiger partial charge is 0.496 e. The molecule has 2 amide bonds. The van der Waals surface area contributed by atoms with E-state index in [1.165, 1.54) is 4.90 Å². The van der Waals surface area contributed by atoms with Crippen LogP contribution in [0, 0.1) is 3.57 Å². The number of benzene rings is 2. The molecule has 29 heavy (non-hydrogen) atoms. The van der Waals surface area contributed by atoms with E-state index in [-0.39, 0.29) is 17.7 Å². The number of nitrogens with zero attached hydrogens (tertiary/aromatic N) is 2.